The third-order valence-electron chi connectivity index (χ3n) is 5.66. The summed E-state index contributed by atoms with van der Waals surface area (Å²) in [5.74, 6) is 0.628. The Labute approximate surface area is 165 Å². The Kier molecular flexibility index (Phi) is 4.94. The van der Waals surface area contributed by atoms with Crippen molar-refractivity contribution in [3.8, 4) is 5.75 Å². The Balaban J connectivity index is 1.40. The second-order valence-electron chi connectivity index (χ2n) is 7.38. The summed E-state index contributed by atoms with van der Waals surface area (Å²) >= 11 is 0. The molecule has 146 valence electrons. The van der Waals surface area contributed by atoms with Crippen LogP contribution in [0.15, 0.2) is 48.5 Å². The lowest BCUT2D eigenvalue weighted by Crippen LogP contribution is -2.60. The van der Waals surface area contributed by atoms with E-state index in [9.17, 15) is 9.59 Å². The van der Waals surface area contributed by atoms with Crippen molar-refractivity contribution in [2.45, 2.75) is 31.8 Å². The molecule has 1 aliphatic heterocycles. The molecule has 1 heterocycles. The molecule has 1 unspecified atom stereocenters. The van der Waals surface area contributed by atoms with Crippen LogP contribution in [0.1, 0.15) is 18.1 Å². The SMILES string of the molecule is COc1cccc(N2CCN(C(=O)NC3Cc4ccccc4C3)C(C)C2=O)c1. The summed E-state index contributed by atoms with van der Waals surface area (Å²) in [4.78, 5) is 29.1. The molecule has 0 radical (unpaired) electrons. The summed E-state index contributed by atoms with van der Waals surface area (Å²) in [6.07, 6.45) is 1.68. The molecule has 1 saturated heterocycles. The number of carbonyl (C=O) groups is 2. The van der Waals surface area contributed by atoms with Crippen LogP contribution >= 0.6 is 0 Å². The largest absolute Gasteiger partial charge is 0.497 e. The van der Waals surface area contributed by atoms with E-state index in [1.54, 1.807) is 23.8 Å². The molecule has 2 aliphatic rings. The summed E-state index contributed by atoms with van der Waals surface area (Å²) in [6, 6.07) is 15.1. The van der Waals surface area contributed by atoms with Crippen LogP contribution in [0.25, 0.3) is 0 Å². The summed E-state index contributed by atoms with van der Waals surface area (Å²) in [5, 5.41) is 3.12. The van der Waals surface area contributed by atoms with E-state index in [1.165, 1.54) is 11.1 Å². The molecule has 0 aromatic heterocycles. The second-order valence-corrected chi connectivity index (χ2v) is 7.38. The van der Waals surface area contributed by atoms with Crippen LogP contribution in [0.4, 0.5) is 10.5 Å². The Morgan fingerprint density at radius 1 is 1.07 bits per heavy atom. The highest BCUT2D eigenvalue weighted by molar-refractivity contribution is 6.00. The lowest BCUT2D eigenvalue weighted by molar-refractivity contribution is -0.124. The maximum Gasteiger partial charge on any atom is 0.318 e. The molecule has 6 heteroatoms. The van der Waals surface area contributed by atoms with Crippen LogP contribution < -0.4 is 15.0 Å². The molecule has 1 N–H and O–H groups in total. The van der Waals surface area contributed by atoms with Gasteiger partial charge in [-0.25, -0.2) is 4.79 Å². The number of urea groups is 1. The summed E-state index contributed by atoms with van der Waals surface area (Å²) in [7, 11) is 1.60. The monoisotopic (exact) mass is 379 g/mol. The van der Waals surface area contributed by atoms with Crippen LogP contribution in [0.5, 0.6) is 5.75 Å². The van der Waals surface area contributed by atoms with Crippen LogP contribution in [0.2, 0.25) is 0 Å². The molecular formula is C22H25N3O3. The van der Waals surface area contributed by atoms with Gasteiger partial charge in [0.1, 0.15) is 11.8 Å². The van der Waals surface area contributed by atoms with Gasteiger partial charge in [-0.3, -0.25) is 4.79 Å². The summed E-state index contributed by atoms with van der Waals surface area (Å²) < 4.78 is 5.26. The minimum atomic E-state index is -0.510. The van der Waals surface area contributed by atoms with Gasteiger partial charge in [0, 0.05) is 30.9 Å². The van der Waals surface area contributed by atoms with E-state index in [4.69, 9.17) is 4.74 Å². The van der Waals surface area contributed by atoms with E-state index >= 15 is 0 Å². The van der Waals surface area contributed by atoms with Gasteiger partial charge in [-0.05, 0) is 43.0 Å². The van der Waals surface area contributed by atoms with E-state index in [2.05, 4.69) is 17.4 Å². The van der Waals surface area contributed by atoms with Gasteiger partial charge in [-0.2, -0.15) is 0 Å². The number of anilines is 1. The molecule has 1 atom stereocenters. The zero-order valence-corrected chi connectivity index (χ0v) is 16.2. The molecule has 0 bridgehead atoms. The molecule has 4 rings (SSSR count). The number of piperazine rings is 1. The average Bonchev–Trinajstić information content (AvgIpc) is 3.12. The van der Waals surface area contributed by atoms with E-state index in [-0.39, 0.29) is 18.0 Å². The molecule has 2 aromatic rings. The number of benzene rings is 2. The van der Waals surface area contributed by atoms with Crippen molar-refractivity contribution in [3.63, 3.8) is 0 Å². The van der Waals surface area contributed by atoms with Crippen molar-refractivity contribution in [2.75, 3.05) is 25.1 Å². The molecule has 2 aromatic carbocycles. The van der Waals surface area contributed by atoms with Gasteiger partial charge in [0.2, 0.25) is 5.91 Å². The molecule has 6 nitrogen and oxygen atoms in total. The minimum absolute atomic E-state index is 0.0793. The van der Waals surface area contributed by atoms with Crippen molar-refractivity contribution in [1.29, 1.82) is 0 Å². The highest BCUT2D eigenvalue weighted by Gasteiger charge is 2.36. The van der Waals surface area contributed by atoms with Crippen molar-refractivity contribution < 1.29 is 14.3 Å². The zero-order chi connectivity index (χ0) is 19.7. The number of nitrogens with zero attached hydrogens (tertiary/aromatic N) is 2. The van der Waals surface area contributed by atoms with E-state index in [1.807, 2.05) is 36.4 Å². The number of hydrogen-bond donors (Lipinski definition) is 1. The van der Waals surface area contributed by atoms with E-state index in [0.29, 0.717) is 18.8 Å². The first-order chi connectivity index (χ1) is 13.6. The molecule has 0 spiro atoms. The number of ether oxygens (including phenoxy) is 1. The first-order valence-electron chi connectivity index (χ1n) is 9.66. The number of nitrogens with one attached hydrogen (secondary N) is 1. The highest BCUT2D eigenvalue weighted by Crippen LogP contribution is 2.25. The molecule has 1 aliphatic carbocycles. The predicted molar refractivity (Wildman–Crippen MR) is 108 cm³/mol. The minimum Gasteiger partial charge on any atom is -0.497 e. The molecule has 3 amide bonds. The Bertz CT molecular complexity index is 873. The quantitative estimate of drug-likeness (QED) is 0.892. The Hall–Kier alpha value is -3.02. The van der Waals surface area contributed by atoms with Gasteiger partial charge in [-0.1, -0.05) is 30.3 Å². The number of rotatable bonds is 3. The van der Waals surface area contributed by atoms with Crippen molar-refractivity contribution in [3.05, 3.63) is 59.7 Å². The topological polar surface area (TPSA) is 61.9 Å². The fourth-order valence-electron chi connectivity index (χ4n) is 4.10. The lowest BCUT2D eigenvalue weighted by Gasteiger charge is -2.39. The zero-order valence-electron chi connectivity index (χ0n) is 16.2. The Morgan fingerprint density at radius 2 is 1.79 bits per heavy atom. The third kappa shape index (κ3) is 3.42. The maximum absolute atomic E-state index is 12.9. The highest BCUT2D eigenvalue weighted by atomic mass is 16.5. The van der Waals surface area contributed by atoms with Gasteiger partial charge in [0.05, 0.1) is 7.11 Å². The van der Waals surface area contributed by atoms with E-state index in [0.717, 1.165) is 18.5 Å². The van der Waals surface area contributed by atoms with Crippen molar-refractivity contribution >= 4 is 17.6 Å². The lowest BCUT2D eigenvalue weighted by atomic mass is 10.1. The predicted octanol–water partition coefficient (Wildman–Crippen LogP) is 2.61. The number of carbonyl (C=O) groups excluding carboxylic acids is 2. The fourth-order valence-corrected chi connectivity index (χ4v) is 4.10. The van der Waals surface area contributed by atoms with Crippen LogP contribution in [-0.2, 0) is 17.6 Å². The molecule has 0 saturated carbocycles. The van der Waals surface area contributed by atoms with Gasteiger partial charge in [0.15, 0.2) is 0 Å². The fraction of sp³-hybridized carbons (Fsp3) is 0.364. The van der Waals surface area contributed by atoms with E-state index < -0.39 is 6.04 Å². The van der Waals surface area contributed by atoms with Crippen molar-refractivity contribution in [1.82, 2.24) is 10.2 Å². The van der Waals surface area contributed by atoms with Gasteiger partial charge < -0.3 is 19.9 Å². The maximum atomic E-state index is 12.9. The van der Waals surface area contributed by atoms with Gasteiger partial charge in [-0.15, -0.1) is 0 Å². The van der Waals surface area contributed by atoms with Crippen LogP contribution in [0.3, 0.4) is 0 Å². The average molecular weight is 379 g/mol. The van der Waals surface area contributed by atoms with Crippen LogP contribution in [0, 0.1) is 0 Å². The van der Waals surface area contributed by atoms with Crippen molar-refractivity contribution in [2.24, 2.45) is 0 Å². The molecule has 1 fully saturated rings. The van der Waals surface area contributed by atoms with Gasteiger partial charge in [0.25, 0.3) is 0 Å². The Morgan fingerprint density at radius 3 is 2.46 bits per heavy atom. The number of amides is 3. The first kappa shape index (κ1) is 18.3. The third-order valence-corrected chi connectivity index (χ3v) is 5.66. The second kappa shape index (κ2) is 7.54. The molecular weight excluding hydrogens is 354 g/mol. The smallest absolute Gasteiger partial charge is 0.318 e. The first-order valence-corrected chi connectivity index (χ1v) is 9.66. The standard InChI is InChI=1S/C22H25N3O3/c1-15-21(26)25(19-8-5-9-20(14-19)28-2)11-10-24(15)22(27)23-18-12-16-6-3-4-7-17(16)13-18/h3-9,14-15,18H,10-13H2,1-2H3,(H,23,27). The van der Waals surface area contributed by atoms with Crippen LogP contribution in [-0.4, -0.2) is 49.1 Å². The summed E-state index contributed by atoms with van der Waals surface area (Å²) in [6.45, 7) is 2.75. The normalized spacial score (nSPS) is 19.5. The van der Waals surface area contributed by atoms with Gasteiger partial charge >= 0.3 is 6.03 Å². The number of hydrogen-bond acceptors (Lipinski definition) is 3. The number of methoxy groups -OCH3 is 1. The number of fused-ring (bicyclic) bond motifs is 1. The molecule has 28 heavy (non-hydrogen) atoms. The summed E-state index contributed by atoms with van der Waals surface area (Å²) in [5.41, 5.74) is 3.38.